The lowest BCUT2D eigenvalue weighted by atomic mass is 10.00. The van der Waals surface area contributed by atoms with Crippen LogP contribution >= 0.6 is 36.4 Å². The first-order valence-electron chi connectivity index (χ1n) is 10.5. The number of aromatic amines is 1. The van der Waals surface area contributed by atoms with Gasteiger partial charge in [0.2, 0.25) is 5.91 Å². The Morgan fingerprint density at radius 1 is 1.26 bits per heavy atom. The Bertz CT molecular complexity index is 859. The number of halogens is 3. The molecule has 1 aromatic carbocycles. The van der Waals surface area contributed by atoms with Gasteiger partial charge in [0.25, 0.3) is 0 Å². The minimum atomic E-state index is -0.0322. The van der Waals surface area contributed by atoms with Gasteiger partial charge >= 0.3 is 0 Å². The summed E-state index contributed by atoms with van der Waals surface area (Å²) in [6, 6.07) is 6.16. The van der Waals surface area contributed by atoms with Gasteiger partial charge in [-0.05, 0) is 43.9 Å². The molecule has 4 rings (SSSR count). The smallest absolute Gasteiger partial charge is 0.227 e. The number of nitrogens with one attached hydrogen (secondary N) is 1. The fourth-order valence-corrected chi connectivity index (χ4v) is 4.70. The highest BCUT2D eigenvalue weighted by molar-refractivity contribution is 6.31. The highest BCUT2D eigenvalue weighted by Gasteiger charge is 2.33. The van der Waals surface area contributed by atoms with Crippen molar-refractivity contribution in [3.8, 4) is 0 Å². The molecule has 1 aromatic heterocycles. The average Bonchev–Trinajstić information content (AvgIpc) is 3.00. The van der Waals surface area contributed by atoms with Gasteiger partial charge < -0.3 is 20.4 Å². The normalized spacial score (nSPS) is 22.9. The Hall–Kier alpha value is -1.09. The van der Waals surface area contributed by atoms with Crippen LogP contribution in [0.25, 0.3) is 11.0 Å². The number of likely N-dealkylation sites (tertiary alicyclic amines) is 1. The maximum atomic E-state index is 13.2. The third-order valence-corrected chi connectivity index (χ3v) is 6.36. The second-order valence-electron chi connectivity index (χ2n) is 8.37. The second kappa shape index (κ2) is 11.7. The van der Waals surface area contributed by atoms with Crippen molar-refractivity contribution in [2.45, 2.75) is 44.3 Å². The van der Waals surface area contributed by atoms with Gasteiger partial charge in [-0.15, -0.1) is 24.8 Å². The van der Waals surface area contributed by atoms with Crippen LogP contribution in [0.2, 0.25) is 5.02 Å². The molecule has 2 fully saturated rings. The zero-order valence-corrected chi connectivity index (χ0v) is 20.1. The molecule has 0 unspecified atom stereocenters. The van der Waals surface area contributed by atoms with Gasteiger partial charge in [-0.3, -0.25) is 9.69 Å². The van der Waals surface area contributed by atoms with Crippen LogP contribution in [0.3, 0.4) is 0 Å². The average molecular weight is 493 g/mol. The molecule has 0 radical (unpaired) electrons. The number of hydrogen-bond acceptors (Lipinski definition) is 5. The van der Waals surface area contributed by atoms with E-state index in [1.807, 2.05) is 25.2 Å². The molecule has 174 valence electrons. The van der Waals surface area contributed by atoms with E-state index in [4.69, 9.17) is 22.1 Å². The number of nitrogens with two attached hydrogens (primary N) is 1. The Morgan fingerprint density at radius 3 is 2.74 bits per heavy atom. The Kier molecular flexibility index (Phi) is 9.86. The highest BCUT2D eigenvalue weighted by Crippen LogP contribution is 2.24. The maximum absolute atomic E-state index is 13.2. The SMILES string of the molecule is CN(Cc1nc2ccc(Cl)cc2[nH]1)C(=O)[C@@H]1CC[C@H](N)CN(C2CCOCC2)C1.Cl.Cl. The minimum Gasteiger partial charge on any atom is -0.381 e. The van der Waals surface area contributed by atoms with Gasteiger partial charge in [0.1, 0.15) is 5.82 Å². The zero-order chi connectivity index (χ0) is 20.4. The number of imidazole rings is 1. The number of benzene rings is 1. The quantitative estimate of drug-likeness (QED) is 0.684. The third-order valence-electron chi connectivity index (χ3n) is 6.12. The van der Waals surface area contributed by atoms with Gasteiger partial charge in [0.05, 0.1) is 23.5 Å². The molecular formula is C21H32Cl3N5O2. The number of carbonyl (C=O) groups is 1. The molecule has 3 heterocycles. The van der Waals surface area contributed by atoms with Crippen LogP contribution in [0.4, 0.5) is 0 Å². The first-order valence-corrected chi connectivity index (χ1v) is 10.8. The highest BCUT2D eigenvalue weighted by atomic mass is 35.5. The van der Waals surface area contributed by atoms with Crippen LogP contribution in [-0.2, 0) is 16.1 Å². The van der Waals surface area contributed by atoms with E-state index >= 15 is 0 Å². The van der Waals surface area contributed by atoms with Crippen LogP contribution in [-0.4, -0.2) is 71.1 Å². The van der Waals surface area contributed by atoms with Gasteiger partial charge in [0, 0.05) is 50.5 Å². The lowest BCUT2D eigenvalue weighted by Crippen LogP contribution is -2.47. The standard InChI is InChI=1S/C21H30ClN5O2.2ClH/c1-26(13-20-24-18-5-3-15(22)10-19(18)25-20)21(28)14-2-4-16(23)12-27(11-14)17-6-8-29-9-7-17;;/h3,5,10,14,16-17H,2,4,6-9,11-13,23H2,1H3,(H,24,25);2*1H/t14-,16+;;/m1../s1. The van der Waals surface area contributed by atoms with Gasteiger partial charge in [0.15, 0.2) is 0 Å². The van der Waals surface area contributed by atoms with Crippen molar-refractivity contribution in [3.63, 3.8) is 0 Å². The topological polar surface area (TPSA) is 87.5 Å². The summed E-state index contributed by atoms with van der Waals surface area (Å²) in [4.78, 5) is 25.3. The molecule has 0 aliphatic carbocycles. The fraction of sp³-hybridized carbons (Fsp3) is 0.619. The van der Waals surface area contributed by atoms with Crippen LogP contribution in [0.5, 0.6) is 0 Å². The van der Waals surface area contributed by atoms with E-state index in [2.05, 4.69) is 14.9 Å². The number of amides is 1. The van der Waals surface area contributed by atoms with Gasteiger partial charge in [-0.2, -0.15) is 0 Å². The first-order chi connectivity index (χ1) is 14.0. The molecule has 2 saturated heterocycles. The molecule has 7 nitrogen and oxygen atoms in total. The predicted molar refractivity (Wildman–Crippen MR) is 128 cm³/mol. The molecule has 1 amide bonds. The van der Waals surface area contributed by atoms with Crippen LogP contribution in [0.15, 0.2) is 18.2 Å². The summed E-state index contributed by atoms with van der Waals surface area (Å²) in [5, 5.41) is 0.667. The molecule has 0 bridgehead atoms. The van der Waals surface area contributed by atoms with Crippen molar-refractivity contribution in [2.75, 3.05) is 33.4 Å². The molecule has 2 aliphatic heterocycles. The predicted octanol–water partition coefficient (Wildman–Crippen LogP) is 3.24. The fourth-order valence-electron chi connectivity index (χ4n) is 4.53. The molecule has 10 heteroatoms. The van der Waals surface area contributed by atoms with Gasteiger partial charge in [-0.25, -0.2) is 4.98 Å². The number of H-pyrrole nitrogens is 1. The molecule has 0 saturated carbocycles. The largest absolute Gasteiger partial charge is 0.381 e. The van der Waals surface area contributed by atoms with Crippen molar-refractivity contribution in [2.24, 2.45) is 11.7 Å². The molecule has 2 atom stereocenters. The van der Waals surface area contributed by atoms with Crippen molar-refractivity contribution >= 4 is 53.4 Å². The Balaban J connectivity index is 0.00000171. The number of carbonyl (C=O) groups excluding carboxylic acids is 1. The van der Waals surface area contributed by atoms with Crippen LogP contribution in [0, 0.1) is 5.92 Å². The van der Waals surface area contributed by atoms with E-state index in [1.165, 1.54) is 0 Å². The Labute approximate surface area is 200 Å². The lowest BCUT2D eigenvalue weighted by Gasteiger charge is -2.36. The third kappa shape index (κ3) is 6.46. The summed E-state index contributed by atoms with van der Waals surface area (Å²) in [6.45, 7) is 3.68. The summed E-state index contributed by atoms with van der Waals surface area (Å²) >= 11 is 6.06. The lowest BCUT2D eigenvalue weighted by molar-refractivity contribution is -0.135. The van der Waals surface area contributed by atoms with E-state index in [0.717, 1.165) is 68.8 Å². The van der Waals surface area contributed by atoms with Gasteiger partial charge in [-0.1, -0.05) is 11.6 Å². The van der Waals surface area contributed by atoms with E-state index < -0.39 is 0 Å². The van der Waals surface area contributed by atoms with Crippen molar-refractivity contribution < 1.29 is 9.53 Å². The zero-order valence-electron chi connectivity index (χ0n) is 17.8. The maximum Gasteiger partial charge on any atom is 0.227 e. The molecule has 2 aromatic rings. The molecule has 2 aliphatic rings. The molecular weight excluding hydrogens is 461 g/mol. The number of aromatic nitrogens is 2. The van der Waals surface area contributed by atoms with E-state index in [1.54, 1.807) is 4.90 Å². The summed E-state index contributed by atoms with van der Waals surface area (Å²) in [7, 11) is 1.85. The van der Waals surface area contributed by atoms with Crippen molar-refractivity contribution in [1.82, 2.24) is 19.8 Å². The number of fused-ring (bicyclic) bond motifs is 1. The van der Waals surface area contributed by atoms with Crippen molar-refractivity contribution in [1.29, 1.82) is 0 Å². The van der Waals surface area contributed by atoms with Crippen LogP contribution < -0.4 is 5.73 Å². The Morgan fingerprint density at radius 2 is 2.00 bits per heavy atom. The monoisotopic (exact) mass is 491 g/mol. The number of rotatable bonds is 4. The first kappa shape index (κ1) is 26.2. The van der Waals surface area contributed by atoms with Crippen molar-refractivity contribution in [3.05, 3.63) is 29.0 Å². The minimum absolute atomic E-state index is 0. The number of nitrogens with zero attached hydrogens (tertiary/aromatic N) is 3. The van der Waals surface area contributed by atoms with E-state index in [9.17, 15) is 4.79 Å². The molecule has 3 N–H and O–H groups in total. The summed E-state index contributed by atoms with van der Waals surface area (Å²) < 4.78 is 5.51. The number of hydrogen-bond donors (Lipinski definition) is 2. The second-order valence-corrected chi connectivity index (χ2v) is 8.81. The number of ether oxygens (including phenoxy) is 1. The summed E-state index contributed by atoms with van der Waals surface area (Å²) in [5.41, 5.74) is 8.07. The summed E-state index contributed by atoms with van der Waals surface area (Å²) in [5.74, 6) is 0.898. The molecule has 0 spiro atoms. The summed E-state index contributed by atoms with van der Waals surface area (Å²) in [6.07, 6.45) is 3.75. The van der Waals surface area contributed by atoms with E-state index in [0.29, 0.717) is 17.6 Å². The van der Waals surface area contributed by atoms with E-state index in [-0.39, 0.29) is 42.7 Å². The van der Waals surface area contributed by atoms with Crippen LogP contribution in [0.1, 0.15) is 31.5 Å². The molecule has 31 heavy (non-hydrogen) atoms.